The normalized spacial score (nSPS) is 20.7. The van der Waals surface area contributed by atoms with E-state index in [2.05, 4.69) is 5.32 Å². The summed E-state index contributed by atoms with van der Waals surface area (Å²) in [5.74, 6) is -1.97. The molecule has 1 amide bonds. The van der Waals surface area contributed by atoms with Gasteiger partial charge < -0.3 is 14.8 Å². The van der Waals surface area contributed by atoms with E-state index in [-0.39, 0.29) is 30.4 Å². The lowest BCUT2D eigenvalue weighted by molar-refractivity contribution is -0.143. The fraction of sp³-hybridized carbons (Fsp3) is 0.333. The van der Waals surface area contributed by atoms with Gasteiger partial charge in [-0.2, -0.15) is 0 Å². The number of carbonyl (C=O) groups is 2. The van der Waals surface area contributed by atoms with Crippen molar-refractivity contribution in [3.05, 3.63) is 71.3 Å². The topological polar surface area (TPSA) is 67.9 Å². The van der Waals surface area contributed by atoms with Gasteiger partial charge >= 0.3 is 12.1 Å². The quantitative estimate of drug-likeness (QED) is 0.689. The number of amides is 1. The van der Waals surface area contributed by atoms with Crippen molar-refractivity contribution in [3.8, 4) is 0 Å². The van der Waals surface area contributed by atoms with Crippen molar-refractivity contribution in [2.45, 2.75) is 31.9 Å². The van der Waals surface area contributed by atoms with E-state index in [1.165, 1.54) is 6.92 Å². The van der Waals surface area contributed by atoms with E-state index in [0.29, 0.717) is 18.5 Å². The first-order valence-electron chi connectivity index (χ1n) is 10.5. The largest absolute Gasteiger partial charge is 0.462 e. The van der Waals surface area contributed by atoms with Crippen LogP contribution >= 0.6 is 0 Å². The zero-order valence-corrected chi connectivity index (χ0v) is 17.6. The van der Waals surface area contributed by atoms with E-state index < -0.39 is 29.8 Å². The van der Waals surface area contributed by atoms with E-state index >= 15 is 8.78 Å². The minimum atomic E-state index is -0.738. The van der Waals surface area contributed by atoms with Crippen LogP contribution in [0.4, 0.5) is 19.3 Å². The lowest BCUT2D eigenvalue weighted by atomic mass is 9.93. The summed E-state index contributed by atoms with van der Waals surface area (Å²) in [6.07, 6.45) is 1.65. The molecule has 4 rings (SSSR count). The fourth-order valence-electron chi connectivity index (χ4n) is 4.04. The molecule has 0 bridgehead atoms. The minimum Gasteiger partial charge on any atom is -0.462 e. The number of nitrogens with zero attached hydrogens (tertiary/aromatic N) is 1. The summed E-state index contributed by atoms with van der Waals surface area (Å²) >= 11 is 0. The standard InChI is InChI=1S/C24H24F2N2O4/c1-15(29)31-14-20-13-28(24(30)32-20)19-11-21(25)23(22(26)12-19)17-7-8-27-18(10-17)9-16-5-3-2-4-6-16/h2-6,10-12,18,20,27H,7-9,13-14H2,1H3/t18?,20-/m1/s1. The zero-order chi connectivity index (χ0) is 22.7. The highest BCUT2D eigenvalue weighted by Gasteiger charge is 2.34. The van der Waals surface area contributed by atoms with Gasteiger partial charge in [0.15, 0.2) is 6.10 Å². The van der Waals surface area contributed by atoms with Crippen LogP contribution in [0.5, 0.6) is 0 Å². The van der Waals surface area contributed by atoms with Gasteiger partial charge in [-0.15, -0.1) is 0 Å². The Labute approximate surface area is 184 Å². The van der Waals surface area contributed by atoms with Crippen LogP contribution in [0.2, 0.25) is 0 Å². The van der Waals surface area contributed by atoms with E-state index in [9.17, 15) is 9.59 Å². The molecule has 168 valence electrons. The highest BCUT2D eigenvalue weighted by atomic mass is 19.1. The Kier molecular flexibility index (Phi) is 6.50. The van der Waals surface area contributed by atoms with E-state index in [1.54, 1.807) is 0 Å². The highest BCUT2D eigenvalue weighted by Crippen LogP contribution is 2.32. The number of anilines is 1. The van der Waals surface area contributed by atoms with Crippen LogP contribution < -0.4 is 10.2 Å². The molecule has 0 aliphatic carbocycles. The van der Waals surface area contributed by atoms with Crippen molar-refractivity contribution in [2.75, 3.05) is 24.6 Å². The molecule has 2 atom stereocenters. The lowest BCUT2D eigenvalue weighted by Gasteiger charge is -2.24. The van der Waals surface area contributed by atoms with Crippen LogP contribution in [0.25, 0.3) is 5.57 Å². The van der Waals surface area contributed by atoms with E-state index in [0.717, 1.165) is 29.0 Å². The van der Waals surface area contributed by atoms with Gasteiger partial charge in [-0.3, -0.25) is 9.69 Å². The first-order chi connectivity index (χ1) is 15.4. The average Bonchev–Trinajstić information content (AvgIpc) is 3.13. The SMILES string of the molecule is CC(=O)OC[C@H]1CN(c2cc(F)c(C3=CC(Cc4ccccc4)NCC3)c(F)c2)C(=O)O1. The van der Waals surface area contributed by atoms with Gasteiger partial charge in [-0.05, 0) is 42.7 Å². The Morgan fingerprint density at radius 2 is 1.94 bits per heavy atom. The molecule has 1 N–H and O–H groups in total. The van der Waals surface area contributed by atoms with Crippen LogP contribution in [0, 0.1) is 11.6 Å². The first-order valence-corrected chi connectivity index (χ1v) is 10.5. The maximum atomic E-state index is 15.0. The molecular weight excluding hydrogens is 418 g/mol. The molecule has 1 saturated heterocycles. The summed E-state index contributed by atoms with van der Waals surface area (Å²) in [4.78, 5) is 24.2. The Balaban J connectivity index is 1.52. The number of esters is 1. The van der Waals surface area contributed by atoms with Crippen molar-refractivity contribution in [1.29, 1.82) is 0 Å². The molecule has 1 unspecified atom stereocenters. The number of hydrogen-bond donors (Lipinski definition) is 1. The van der Waals surface area contributed by atoms with Gasteiger partial charge in [0.1, 0.15) is 18.2 Å². The molecule has 2 aliphatic heterocycles. The van der Waals surface area contributed by atoms with E-state index in [1.807, 2.05) is 36.4 Å². The second kappa shape index (κ2) is 9.48. The molecule has 2 aromatic carbocycles. The predicted molar refractivity (Wildman–Crippen MR) is 115 cm³/mol. The molecule has 1 fully saturated rings. The van der Waals surface area contributed by atoms with Crippen molar-refractivity contribution in [3.63, 3.8) is 0 Å². The smallest absolute Gasteiger partial charge is 0.414 e. The minimum absolute atomic E-state index is 0.0322. The molecule has 2 aromatic rings. The van der Waals surface area contributed by atoms with Gasteiger partial charge in [0, 0.05) is 18.5 Å². The van der Waals surface area contributed by atoms with Gasteiger partial charge in [0.2, 0.25) is 0 Å². The van der Waals surface area contributed by atoms with Gasteiger partial charge in [-0.1, -0.05) is 36.4 Å². The van der Waals surface area contributed by atoms with Crippen molar-refractivity contribution < 1.29 is 27.8 Å². The van der Waals surface area contributed by atoms with Crippen LogP contribution in [-0.4, -0.2) is 43.9 Å². The summed E-state index contributed by atoms with van der Waals surface area (Å²) in [6.45, 7) is 1.79. The number of rotatable bonds is 6. The predicted octanol–water partition coefficient (Wildman–Crippen LogP) is 3.84. The fourth-order valence-corrected chi connectivity index (χ4v) is 4.04. The summed E-state index contributed by atoms with van der Waals surface area (Å²) < 4.78 is 40.0. The van der Waals surface area contributed by atoms with Gasteiger partial charge in [-0.25, -0.2) is 13.6 Å². The first kappa shape index (κ1) is 22.0. The molecule has 8 heteroatoms. The number of carbonyl (C=O) groups excluding carboxylic acids is 2. The zero-order valence-electron chi connectivity index (χ0n) is 17.6. The summed E-state index contributed by atoms with van der Waals surface area (Å²) in [5.41, 5.74) is 1.73. The lowest BCUT2D eigenvalue weighted by Crippen LogP contribution is -2.34. The van der Waals surface area contributed by atoms with Crippen LogP contribution in [-0.2, 0) is 20.7 Å². The Hall–Kier alpha value is -3.26. The molecule has 0 radical (unpaired) electrons. The van der Waals surface area contributed by atoms with E-state index in [4.69, 9.17) is 9.47 Å². The third kappa shape index (κ3) is 4.96. The summed E-state index contributed by atoms with van der Waals surface area (Å²) in [6, 6.07) is 12.1. The number of nitrogens with one attached hydrogen (secondary N) is 1. The summed E-state index contributed by atoms with van der Waals surface area (Å²) in [7, 11) is 0. The molecule has 2 aliphatic rings. The molecule has 0 aromatic heterocycles. The molecular formula is C24H24F2N2O4. The number of benzene rings is 2. The number of cyclic esters (lactones) is 1. The molecule has 6 nitrogen and oxygen atoms in total. The number of ether oxygens (including phenoxy) is 2. The van der Waals surface area contributed by atoms with Crippen molar-refractivity contribution in [1.82, 2.24) is 5.32 Å². The van der Waals surface area contributed by atoms with Crippen LogP contribution in [0.1, 0.15) is 24.5 Å². The average molecular weight is 442 g/mol. The molecule has 32 heavy (non-hydrogen) atoms. The number of hydrogen-bond acceptors (Lipinski definition) is 5. The monoisotopic (exact) mass is 442 g/mol. The Morgan fingerprint density at radius 3 is 2.62 bits per heavy atom. The number of halogens is 2. The summed E-state index contributed by atoms with van der Waals surface area (Å²) in [5, 5.41) is 3.37. The van der Waals surface area contributed by atoms with Crippen LogP contribution in [0.3, 0.4) is 0 Å². The van der Waals surface area contributed by atoms with Gasteiger partial charge in [0.05, 0.1) is 12.2 Å². The third-order valence-corrected chi connectivity index (χ3v) is 5.51. The maximum absolute atomic E-state index is 15.0. The maximum Gasteiger partial charge on any atom is 0.414 e. The second-order valence-corrected chi connectivity index (χ2v) is 7.90. The molecule has 0 spiro atoms. The Morgan fingerprint density at radius 1 is 1.22 bits per heavy atom. The van der Waals surface area contributed by atoms with Crippen molar-refractivity contribution in [2.24, 2.45) is 0 Å². The third-order valence-electron chi connectivity index (χ3n) is 5.51. The molecule has 2 heterocycles. The molecule has 0 saturated carbocycles. The van der Waals surface area contributed by atoms with Gasteiger partial charge in [0.25, 0.3) is 0 Å². The highest BCUT2D eigenvalue weighted by molar-refractivity contribution is 5.90. The Bertz CT molecular complexity index is 1020. The van der Waals surface area contributed by atoms with Crippen LogP contribution in [0.15, 0.2) is 48.5 Å². The van der Waals surface area contributed by atoms with Crippen molar-refractivity contribution >= 4 is 23.3 Å². The second-order valence-electron chi connectivity index (χ2n) is 7.90.